The largest absolute Gasteiger partial charge is 0.478 e. The Morgan fingerprint density at radius 3 is 2.20 bits per heavy atom. The summed E-state index contributed by atoms with van der Waals surface area (Å²) in [6.07, 6.45) is 0.818. The van der Waals surface area contributed by atoms with Gasteiger partial charge in [0.1, 0.15) is 5.60 Å². The Balaban J connectivity index is 4.55. The zero-order valence-electron chi connectivity index (χ0n) is 9.11. The van der Waals surface area contributed by atoms with E-state index in [1.165, 1.54) is 0 Å². The van der Waals surface area contributed by atoms with Crippen LogP contribution in [0.4, 0.5) is 0 Å². The molecule has 0 saturated carbocycles. The van der Waals surface area contributed by atoms with Crippen molar-refractivity contribution in [1.82, 2.24) is 0 Å². The molecule has 2 N–H and O–H groups in total. The van der Waals surface area contributed by atoms with E-state index < -0.39 is 17.5 Å². The van der Waals surface area contributed by atoms with Gasteiger partial charge in [0.2, 0.25) is 0 Å². The number of ether oxygens (including phenoxy) is 1. The number of esters is 1. The number of aliphatic hydroxyl groups is 1. The molecule has 0 aromatic carbocycles. The first-order chi connectivity index (χ1) is 6.76. The predicted molar refractivity (Wildman–Crippen MR) is 53.3 cm³/mol. The highest BCUT2D eigenvalue weighted by Crippen LogP contribution is 2.09. The van der Waals surface area contributed by atoms with E-state index >= 15 is 0 Å². The lowest BCUT2D eigenvalue weighted by molar-refractivity contribution is -0.149. The van der Waals surface area contributed by atoms with E-state index in [9.17, 15) is 9.59 Å². The summed E-state index contributed by atoms with van der Waals surface area (Å²) in [7, 11) is 0. The zero-order chi connectivity index (χ0) is 12.1. The lowest BCUT2D eigenvalue weighted by Crippen LogP contribution is -2.23. The molecule has 0 amide bonds. The van der Waals surface area contributed by atoms with E-state index in [-0.39, 0.29) is 18.6 Å². The molecular formula is C10H16O5. The molecule has 0 fully saturated rings. The van der Waals surface area contributed by atoms with Crippen LogP contribution in [0.25, 0.3) is 0 Å². The molecule has 15 heavy (non-hydrogen) atoms. The average molecular weight is 216 g/mol. The predicted octanol–water partition coefficient (Wildman–Crippen LogP) is 0.721. The van der Waals surface area contributed by atoms with Crippen molar-refractivity contribution in [2.45, 2.75) is 32.8 Å². The molecule has 0 unspecified atom stereocenters. The molecule has 0 spiro atoms. The van der Waals surface area contributed by atoms with Gasteiger partial charge in [-0.1, -0.05) is 0 Å². The number of hydrogen-bond acceptors (Lipinski definition) is 4. The Bertz CT molecular complexity index is 272. The van der Waals surface area contributed by atoms with Crippen LogP contribution in [0.2, 0.25) is 0 Å². The van der Waals surface area contributed by atoms with Gasteiger partial charge in [-0.05, 0) is 20.8 Å². The summed E-state index contributed by atoms with van der Waals surface area (Å²) in [5, 5.41) is 17.2. The van der Waals surface area contributed by atoms with Crippen molar-refractivity contribution in [3.63, 3.8) is 0 Å². The van der Waals surface area contributed by atoms with E-state index in [4.69, 9.17) is 14.9 Å². The normalized spacial score (nSPS) is 12.4. The lowest BCUT2D eigenvalue weighted by atomic mass is 10.1. The van der Waals surface area contributed by atoms with Gasteiger partial charge in [0.25, 0.3) is 0 Å². The number of aliphatic hydroxyl groups excluding tert-OH is 1. The van der Waals surface area contributed by atoms with Crippen LogP contribution in [0.3, 0.4) is 0 Å². The van der Waals surface area contributed by atoms with Crippen LogP contribution in [0.15, 0.2) is 11.6 Å². The second kappa shape index (κ2) is 5.50. The molecular weight excluding hydrogens is 200 g/mol. The quantitative estimate of drug-likeness (QED) is 0.534. The molecule has 0 aliphatic heterocycles. The summed E-state index contributed by atoms with van der Waals surface area (Å²) >= 11 is 0. The van der Waals surface area contributed by atoms with E-state index in [0.29, 0.717) is 0 Å². The second-order valence-corrected chi connectivity index (χ2v) is 3.98. The molecule has 0 aliphatic rings. The molecule has 0 bridgehead atoms. The molecule has 0 aliphatic carbocycles. The number of aliphatic carboxylic acids is 1. The molecule has 0 radical (unpaired) electrons. The summed E-state index contributed by atoms with van der Waals surface area (Å²) in [5.74, 6) is -1.94. The number of carbonyl (C=O) groups is 2. The summed E-state index contributed by atoms with van der Waals surface area (Å²) in [4.78, 5) is 21.8. The van der Waals surface area contributed by atoms with Crippen molar-refractivity contribution in [1.29, 1.82) is 0 Å². The van der Waals surface area contributed by atoms with Gasteiger partial charge in [0.15, 0.2) is 0 Å². The van der Waals surface area contributed by atoms with Crippen molar-refractivity contribution < 1.29 is 24.5 Å². The Hall–Kier alpha value is -1.36. The molecule has 0 aromatic rings. The minimum atomic E-state index is -1.23. The van der Waals surface area contributed by atoms with Gasteiger partial charge < -0.3 is 14.9 Å². The van der Waals surface area contributed by atoms with Crippen molar-refractivity contribution >= 4 is 11.9 Å². The van der Waals surface area contributed by atoms with Crippen molar-refractivity contribution in [3.8, 4) is 0 Å². The average Bonchev–Trinajstić information content (AvgIpc) is 1.99. The second-order valence-electron chi connectivity index (χ2n) is 3.98. The van der Waals surface area contributed by atoms with Gasteiger partial charge >= 0.3 is 11.9 Å². The van der Waals surface area contributed by atoms with Crippen LogP contribution in [0, 0.1) is 0 Å². The fraction of sp³-hybridized carbons (Fsp3) is 0.600. The van der Waals surface area contributed by atoms with Crippen LogP contribution in [0.1, 0.15) is 27.2 Å². The summed E-state index contributed by atoms with van der Waals surface area (Å²) < 4.78 is 4.90. The smallest absolute Gasteiger partial charge is 0.331 e. The van der Waals surface area contributed by atoms with Gasteiger partial charge in [-0.25, -0.2) is 9.59 Å². The Labute approximate surface area is 88.4 Å². The highest BCUT2D eigenvalue weighted by Gasteiger charge is 2.16. The third kappa shape index (κ3) is 6.68. The molecule has 5 heteroatoms. The van der Waals surface area contributed by atoms with E-state index in [0.717, 1.165) is 6.08 Å². The maximum atomic E-state index is 11.2. The topological polar surface area (TPSA) is 83.8 Å². The molecule has 0 heterocycles. The zero-order valence-corrected chi connectivity index (χ0v) is 9.11. The molecule has 0 rings (SSSR count). The molecule has 0 saturated heterocycles. The van der Waals surface area contributed by atoms with Gasteiger partial charge in [0, 0.05) is 24.7 Å². The molecule has 86 valence electrons. The summed E-state index contributed by atoms with van der Waals surface area (Å²) in [6, 6.07) is 0. The fourth-order valence-corrected chi connectivity index (χ4v) is 0.835. The Kier molecular flexibility index (Phi) is 5.00. The minimum absolute atomic E-state index is 0.0748. The maximum Gasteiger partial charge on any atom is 0.331 e. The SMILES string of the molecule is CC(C)(C)OC(=O)/C=C(\CCO)C(=O)O. The fourth-order valence-electron chi connectivity index (χ4n) is 0.835. The molecule has 0 aromatic heterocycles. The maximum absolute atomic E-state index is 11.2. The third-order valence-electron chi connectivity index (χ3n) is 1.35. The van der Waals surface area contributed by atoms with E-state index in [2.05, 4.69) is 0 Å². The van der Waals surface area contributed by atoms with Crippen LogP contribution in [0.5, 0.6) is 0 Å². The Morgan fingerprint density at radius 2 is 1.87 bits per heavy atom. The standard InChI is InChI=1S/C10H16O5/c1-10(2,3)15-8(12)6-7(4-5-11)9(13)14/h6,11H,4-5H2,1-3H3,(H,13,14)/b7-6+. The van der Waals surface area contributed by atoms with Crippen LogP contribution >= 0.6 is 0 Å². The number of carboxylic acids is 1. The first-order valence-electron chi connectivity index (χ1n) is 4.54. The van der Waals surface area contributed by atoms with E-state index in [1.807, 2.05) is 0 Å². The van der Waals surface area contributed by atoms with Gasteiger partial charge in [-0.2, -0.15) is 0 Å². The lowest BCUT2D eigenvalue weighted by Gasteiger charge is -2.18. The van der Waals surface area contributed by atoms with Crippen molar-refractivity contribution in [2.24, 2.45) is 0 Å². The molecule has 5 nitrogen and oxygen atoms in total. The number of carbonyl (C=O) groups excluding carboxylic acids is 1. The first-order valence-corrected chi connectivity index (χ1v) is 4.54. The molecule has 0 atom stereocenters. The number of hydrogen-bond donors (Lipinski definition) is 2. The monoisotopic (exact) mass is 216 g/mol. The summed E-state index contributed by atoms with van der Waals surface area (Å²) in [6.45, 7) is 4.74. The van der Waals surface area contributed by atoms with Crippen molar-refractivity contribution in [2.75, 3.05) is 6.61 Å². The van der Waals surface area contributed by atoms with Crippen LogP contribution < -0.4 is 0 Å². The van der Waals surface area contributed by atoms with Crippen LogP contribution in [-0.2, 0) is 14.3 Å². The van der Waals surface area contributed by atoms with Crippen LogP contribution in [-0.4, -0.2) is 34.4 Å². The highest BCUT2D eigenvalue weighted by molar-refractivity contribution is 5.95. The van der Waals surface area contributed by atoms with Crippen molar-refractivity contribution in [3.05, 3.63) is 11.6 Å². The highest BCUT2D eigenvalue weighted by atomic mass is 16.6. The number of carboxylic acid groups (broad SMARTS) is 1. The number of rotatable bonds is 4. The first kappa shape index (κ1) is 13.6. The van der Waals surface area contributed by atoms with E-state index in [1.54, 1.807) is 20.8 Å². The van der Waals surface area contributed by atoms with Gasteiger partial charge in [-0.15, -0.1) is 0 Å². The third-order valence-corrected chi connectivity index (χ3v) is 1.35. The summed E-state index contributed by atoms with van der Waals surface area (Å²) in [5.41, 5.74) is -0.817. The van der Waals surface area contributed by atoms with Gasteiger partial charge in [0.05, 0.1) is 0 Å². The minimum Gasteiger partial charge on any atom is -0.478 e. The Morgan fingerprint density at radius 1 is 1.33 bits per heavy atom. The van der Waals surface area contributed by atoms with Gasteiger partial charge in [-0.3, -0.25) is 0 Å².